The van der Waals surface area contributed by atoms with Crippen LogP contribution in [0.2, 0.25) is 36.3 Å². The summed E-state index contributed by atoms with van der Waals surface area (Å²) in [7, 11) is -5.21. The Kier molecular flexibility index (Phi) is 9.28. The summed E-state index contributed by atoms with van der Waals surface area (Å²) in [6.07, 6.45) is -1.87. The lowest BCUT2D eigenvalue weighted by Crippen LogP contribution is -2.59. The Morgan fingerprint density at radius 2 is 1.62 bits per heavy atom. The summed E-state index contributed by atoms with van der Waals surface area (Å²) in [5, 5.41) is 12.0. The van der Waals surface area contributed by atoms with Gasteiger partial charge in [0.15, 0.2) is 14.1 Å². The number of rotatable bonds is 8. The summed E-state index contributed by atoms with van der Waals surface area (Å²) in [5.74, 6) is -2.72. The van der Waals surface area contributed by atoms with Crippen LogP contribution in [-0.4, -0.2) is 73.4 Å². The molecule has 1 heterocycles. The van der Waals surface area contributed by atoms with E-state index >= 15 is 0 Å². The van der Waals surface area contributed by atoms with Crippen LogP contribution in [0, 0.1) is 5.92 Å². The SMILES string of the molecule is CC1CCCC(=O)C1(OC=S)C(=O)OC1N(O[Si](C)(C)C(C)(C)C)C(=O)C(O[Si](C)(C)C(C)(C)C)N1O. The third-order valence-electron chi connectivity index (χ3n) is 8.34. The summed E-state index contributed by atoms with van der Waals surface area (Å²) >= 11 is 4.84. The highest BCUT2D eigenvalue weighted by atomic mass is 32.1. The molecule has 0 radical (unpaired) electrons. The lowest BCUT2D eigenvalue weighted by Gasteiger charge is -2.41. The maximum atomic E-state index is 13.6. The minimum Gasteiger partial charge on any atom is -0.464 e. The van der Waals surface area contributed by atoms with Gasteiger partial charge in [0.2, 0.25) is 14.5 Å². The zero-order valence-electron chi connectivity index (χ0n) is 24.0. The van der Waals surface area contributed by atoms with Gasteiger partial charge < -0.3 is 23.6 Å². The Bertz CT molecular complexity index is 917. The number of esters is 1. The molecule has 0 spiro atoms. The van der Waals surface area contributed by atoms with Crippen LogP contribution in [-0.2, 0) is 32.8 Å². The van der Waals surface area contributed by atoms with Crippen LogP contribution in [0.4, 0.5) is 0 Å². The highest BCUT2D eigenvalue weighted by molar-refractivity contribution is 7.78. The normalized spacial score (nSPS) is 28.4. The Morgan fingerprint density at radius 3 is 2.08 bits per heavy atom. The van der Waals surface area contributed by atoms with E-state index < -0.39 is 58.4 Å². The largest absolute Gasteiger partial charge is 0.464 e. The second kappa shape index (κ2) is 10.7. The molecule has 10 nitrogen and oxygen atoms in total. The summed E-state index contributed by atoms with van der Waals surface area (Å²) in [6.45, 7) is 21.4. The van der Waals surface area contributed by atoms with E-state index in [9.17, 15) is 19.6 Å². The number of Topliss-reactive ketones (excluding diaryl/α,β-unsaturated/α-hetero) is 1. The van der Waals surface area contributed by atoms with Gasteiger partial charge in [-0.05, 0) is 61.3 Å². The third kappa shape index (κ3) is 6.02. The molecule has 13 heteroatoms. The van der Waals surface area contributed by atoms with E-state index in [2.05, 4.69) is 0 Å². The number of carbonyl (C=O) groups excluding carboxylic acids is 3. The number of carbonyl (C=O) groups is 3. The molecule has 1 saturated heterocycles. The minimum absolute atomic E-state index is 0.121. The Labute approximate surface area is 228 Å². The fourth-order valence-electron chi connectivity index (χ4n) is 3.73. The second-order valence-electron chi connectivity index (χ2n) is 13.0. The van der Waals surface area contributed by atoms with Crippen LogP contribution in [0.15, 0.2) is 0 Å². The van der Waals surface area contributed by atoms with Crippen LogP contribution < -0.4 is 0 Å². The van der Waals surface area contributed by atoms with Crippen LogP contribution in [0.1, 0.15) is 67.7 Å². The number of thiocarbonyl (C=S) groups is 1. The molecule has 1 N–H and O–H groups in total. The van der Waals surface area contributed by atoms with Gasteiger partial charge in [-0.25, -0.2) is 4.79 Å². The van der Waals surface area contributed by atoms with Crippen LogP contribution in [0.3, 0.4) is 0 Å². The van der Waals surface area contributed by atoms with E-state index in [1.807, 2.05) is 67.7 Å². The van der Waals surface area contributed by atoms with Crippen molar-refractivity contribution in [1.82, 2.24) is 10.1 Å². The molecule has 0 bridgehead atoms. The van der Waals surface area contributed by atoms with Gasteiger partial charge in [-0.15, -0.1) is 0 Å². The van der Waals surface area contributed by atoms with E-state index in [1.54, 1.807) is 6.92 Å². The molecule has 212 valence electrons. The number of ketones is 1. The van der Waals surface area contributed by atoms with Crippen molar-refractivity contribution in [2.45, 2.75) is 122 Å². The summed E-state index contributed by atoms with van der Waals surface area (Å²) in [4.78, 5) is 40.2. The molecule has 1 aliphatic carbocycles. The van der Waals surface area contributed by atoms with Gasteiger partial charge in [-0.2, -0.15) is 5.06 Å². The summed E-state index contributed by atoms with van der Waals surface area (Å²) in [5.41, 5.74) is -1.09. The average Bonchev–Trinajstić information content (AvgIpc) is 2.93. The van der Waals surface area contributed by atoms with Crippen LogP contribution in [0.5, 0.6) is 0 Å². The lowest BCUT2D eigenvalue weighted by atomic mass is 9.75. The highest BCUT2D eigenvalue weighted by Crippen LogP contribution is 2.42. The molecule has 37 heavy (non-hydrogen) atoms. The van der Waals surface area contributed by atoms with Crippen LogP contribution >= 0.6 is 12.2 Å². The molecule has 0 aromatic heterocycles. The predicted octanol–water partition coefficient (Wildman–Crippen LogP) is 4.73. The maximum Gasteiger partial charge on any atom is 0.361 e. The molecular formula is C24H44N2O8SSi2. The first kappa shape index (κ1) is 32.0. The smallest absolute Gasteiger partial charge is 0.361 e. The number of hydrogen-bond acceptors (Lipinski definition) is 10. The van der Waals surface area contributed by atoms with Gasteiger partial charge in [-0.3, -0.25) is 9.59 Å². The first-order valence-corrected chi connectivity index (χ1v) is 19.0. The maximum absolute atomic E-state index is 13.6. The number of hydrogen-bond donors (Lipinski definition) is 1. The minimum atomic E-state index is -2.65. The second-order valence-corrected chi connectivity index (χ2v) is 22.7. The van der Waals surface area contributed by atoms with Gasteiger partial charge >= 0.3 is 5.97 Å². The standard InChI is InChI=1S/C24H44N2O8SSi2/c1-16-13-12-14-17(27)24(16,31-15-35)20(29)32-21-25(30)19(33-36(8,9)22(2,3)4)18(28)26(21)34-37(10,11)23(5,6)7/h15-16,19,21,30H,12-14H2,1-11H3. The van der Waals surface area contributed by atoms with Crippen molar-refractivity contribution in [3.05, 3.63) is 0 Å². The van der Waals surface area contributed by atoms with Crippen LogP contribution in [0.25, 0.3) is 0 Å². The topological polar surface area (TPSA) is 115 Å². The van der Waals surface area contributed by atoms with Crippen molar-refractivity contribution in [3.8, 4) is 0 Å². The molecule has 4 atom stereocenters. The molecule has 2 fully saturated rings. The average molecular weight is 577 g/mol. The van der Waals surface area contributed by atoms with Gasteiger partial charge in [0.1, 0.15) is 5.55 Å². The molecular weight excluding hydrogens is 533 g/mol. The molecule has 0 aromatic carbocycles. The van der Waals surface area contributed by atoms with Crippen molar-refractivity contribution in [2.75, 3.05) is 0 Å². The van der Waals surface area contributed by atoms with Gasteiger partial charge in [0, 0.05) is 12.3 Å². The number of ether oxygens (including phenoxy) is 2. The summed E-state index contributed by atoms with van der Waals surface area (Å²) in [6, 6.07) is 0. The molecule has 2 rings (SSSR count). The Balaban J connectivity index is 2.51. The number of nitrogens with zero attached hydrogens (tertiary/aromatic N) is 2. The molecule has 1 amide bonds. The number of amides is 1. The number of hydroxylamine groups is 4. The zero-order chi connectivity index (χ0) is 28.8. The predicted molar refractivity (Wildman–Crippen MR) is 146 cm³/mol. The van der Waals surface area contributed by atoms with E-state index in [-0.39, 0.29) is 16.5 Å². The fourth-order valence-corrected chi connectivity index (χ4v) is 5.94. The van der Waals surface area contributed by atoms with Gasteiger partial charge in [-0.1, -0.05) is 53.5 Å². The van der Waals surface area contributed by atoms with Crippen molar-refractivity contribution in [1.29, 1.82) is 0 Å². The summed E-state index contributed by atoms with van der Waals surface area (Å²) < 4.78 is 23.7. The zero-order valence-corrected chi connectivity index (χ0v) is 26.9. The van der Waals surface area contributed by atoms with Crippen molar-refractivity contribution < 1.29 is 38.0 Å². The molecule has 1 saturated carbocycles. The van der Waals surface area contributed by atoms with E-state index in [0.29, 0.717) is 17.9 Å². The molecule has 2 aliphatic rings. The fraction of sp³-hybridized carbons (Fsp3) is 0.833. The third-order valence-corrected chi connectivity index (χ3v) is 17.1. The van der Waals surface area contributed by atoms with Crippen molar-refractivity contribution in [2.24, 2.45) is 5.92 Å². The van der Waals surface area contributed by atoms with Crippen molar-refractivity contribution >= 4 is 52.1 Å². The highest BCUT2D eigenvalue weighted by Gasteiger charge is 2.60. The van der Waals surface area contributed by atoms with E-state index in [0.717, 1.165) is 10.6 Å². The quantitative estimate of drug-likeness (QED) is 0.188. The van der Waals surface area contributed by atoms with Crippen molar-refractivity contribution in [3.63, 3.8) is 0 Å². The first-order chi connectivity index (χ1) is 16.6. The van der Waals surface area contributed by atoms with E-state index in [1.165, 1.54) is 0 Å². The molecule has 4 unspecified atom stereocenters. The molecule has 1 aliphatic heterocycles. The monoisotopic (exact) mass is 576 g/mol. The Morgan fingerprint density at radius 1 is 1.08 bits per heavy atom. The lowest BCUT2D eigenvalue weighted by molar-refractivity contribution is -0.297. The van der Waals surface area contributed by atoms with Gasteiger partial charge in [0.05, 0.1) is 0 Å². The molecule has 0 aromatic rings. The van der Waals surface area contributed by atoms with Gasteiger partial charge in [0.25, 0.3) is 17.9 Å². The first-order valence-electron chi connectivity index (χ1n) is 12.7. The van der Waals surface area contributed by atoms with E-state index in [4.69, 9.17) is 30.6 Å². The Hall–Kier alpha value is -1.23.